The normalized spacial score (nSPS) is 10.3. The highest BCUT2D eigenvalue weighted by Crippen LogP contribution is 2.28. The fraction of sp³-hybridized carbons (Fsp3) is 0. The number of benzene rings is 1. The Morgan fingerprint density at radius 1 is 1.18 bits per heavy atom. The Morgan fingerprint density at radius 2 is 1.82 bits per heavy atom. The predicted molar refractivity (Wildman–Crippen MR) is 60.6 cm³/mol. The second-order valence-electron chi connectivity index (χ2n) is 3.09. The zero-order valence-corrected chi connectivity index (χ0v) is 9.91. The standard InChI is InChI=1S/C10H6BrF2N3O/c11-8-4-15-10(14)16-9(8)17-7-2-5(12)1-6(13)3-7/h1-4H,(H2,14,15,16). The number of ether oxygens (including phenoxy) is 1. The average Bonchev–Trinajstić information content (AvgIpc) is 2.22. The number of nitrogens with two attached hydrogens (primary N) is 1. The van der Waals surface area contributed by atoms with Gasteiger partial charge in [-0.2, -0.15) is 4.98 Å². The van der Waals surface area contributed by atoms with Crippen molar-refractivity contribution in [3.63, 3.8) is 0 Å². The highest BCUT2D eigenvalue weighted by atomic mass is 79.9. The Kier molecular flexibility index (Phi) is 3.19. The quantitative estimate of drug-likeness (QED) is 0.926. The molecule has 2 rings (SSSR count). The topological polar surface area (TPSA) is 61.0 Å². The molecule has 0 radical (unpaired) electrons. The first kappa shape index (κ1) is 11.7. The summed E-state index contributed by atoms with van der Waals surface area (Å²) in [6, 6.07) is 2.82. The van der Waals surface area contributed by atoms with Crippen molar-refractivity contribution in [3.05, 3.63) is 40.5 Å². The van der Waals surface area contributed by atoms with E-state index in [-0.39, 0.29) is 17.6 Å². The largest absolute Gasteiger partial charge is 0.437 e. The lowest BCUT2D eigenvalue weighted by molar-refractivity contribution is 0.448. The molecule has 0 atom stereocenters. The van der Waals surface area contributed by atoms with Gasteiger partial charge < -0.3 is 10.5 Å². The Balaban J connectivity index is 2.34. The summed E-state index contributed by atoms with van der Waals surface area (Å²) in [6.45, 7) is 0. The van der Waals surface area contributed by atoms with Crippen LogP contribution in [0.15, 0.2) is 28.9 Å². The van der Waals surface area contributed by atoms with E-state index in [2.05, 4.69) is 25.9 Å². The molecule has 0 fully saturated rings. The molecule has 7 heteroatoms. The number of rotatable bonds is 2. The van der Waals surface area contributed by atoms with E-state index in [1.165, 1.54) is 6.20 Å². The summed E-state index contributed by atoms with van der Waals surface area (Å²) >= 11 is 3.13. The highest BCUT2D eigenvalue weighted by molar-refractivity contribution is 9.10. The molecule has 0 spiro atoms. The fourth-order valence-electron chi connectivity index (χ4n) is 1.13. The minimum atomic E-state index is -0.738. The fourth-order valence-corrected chi connectivity index (χ4v) is 1.41. The Morgan fingerprint density at radius 3 is 2.47 bits per heavy atom. The Hall–Kier alpha value is -1.76. The number of nitrogen functional groups attached to an aromatic ring is 1. The molecule has 2 N–H and O–H groups in total. The van der Waals surface area contributed by atoms with E-state index < -0.39 is 11.6 Å². The molecule has 17 heavy (non-hydrogen) atoms. The minimum Gasteiger partial charge on any atom is -0.437 e. The molecular formula is C10H6BrF2N3O. The van der Waals surface area contributed by atoms with Crippen LogP contribution in [0.3, 0.4) is 0 Å². The van der Waals surface area contributed by atoms with E-state index in [4.69, 9.17) is 10.5 Å². The first-order valence-corrected chi connectivity index (χ1v) is 5.26. The van der Waals surface area contributed by atoms with Crippen molar-refractivity contribution >= 4 is 21.9 Å². The van der Waals surface area contributed by atoms with Crippen LogP contribution in [-0.2, 0) is 0 Å². The monoisotopic (exact) mass is 301 g/mol. The smallest absolute Gasteiger partial charge is 0.238 e. The van der Waals surface area contributed by atoms with Gasteiger partial charge in [-0.25, -0.2) is 13.8 Å². The number of halogens is 3. The third-order valence-corrected chi connectivity index (χ3v) is 2.33. The van der Waals surface area contributed by atoms with Crippen LogP contribution in [0.25, 0.3) is 0 Å². The van der Waals surface area contributed by atoms with Gasteiger partial charge in [0.1, 0.15) is 17.4 Å². The number of hydrogen-bond acceptors (Lipinski definition) is 4. The lowest BCUT2D eigenvalue weighted by atomic mass is 10.3. The van der Waals surface area contributed by atoms with Crippen LogP contribution in [0.1, 0.15) is 0 Å². The van der Waals surface area contributed by atoms with Crippen LogP contribution in [0, 0.1) is 11.6 Å². The summed E-state index contributed by atoms with van der Waals surface area (Å²) < 4.78 is 31.5. The van der Waals surface area contributed by atoms with Crippen molar-refractivity contribution in [1.29, 1.82) is 0 Å². The van der Waals surface area contributed by atoms with E-state index in [1.807, 2.05) is 0 Å². The molecule has 1 aromatic heterocycles. The molecule has 0 aliphatic rings. The number of hydrogen-bond donors (Lipinski definition) is 1. The molecule has 0 amide bonds. The van der Waals surface area contributed by atoms with Gasteiger partial charge in [-0.1, -0.05) is 0 Å². The molecule has 1 heterocycles. The van der Waals surface area contributed by atoms with Gasteiger partial charge in [0.25, 0.3) is 0 Å². The van der Waals surface area contributed by atoms with Gasteiger partial charge in [0, 0.05) is 18.2 Å². The van der Waals surface area contributed by atoms with Gasteiger partial charge in [-0.05, 0) is 15.9 Å². The van der Waals surface area contributed by atoms with E-state index in [0.29, 0.717) is 4.47 Å². The summed E-state index contributed by atoms with van der Waals surface area (Å²) in [5.74, 6) is -1.40. The van der Waals surface area contributed by atoms with Crippen molar-refractivity contribution in [3.8, 4) is 11.6 Å². The van der Waals surface area contributed by atoms with Crippen molar-refractivity contribution in [2.45, 2.75) is 0 Å². The summed E-state index contributed by atoms with van der Waals surface area (Å²) in [6.07, 6.45) is 1.38. The molecule has 1 aromatic carbocycles. The van der Waals surface area contributed by atoms with Crippen LogP contribution in [0.2, 0.25) is 0 Å². The maximum Gasteiger partial charge on any atom is 0.238 e. The number of anilines is 1. The van der Waals surface area contributed by atoms with Crippen molar-refractivity contribution in [1.82, 2.24) is 9.97 Å². The second kappa shape index (κ2) is 4.62. The number of nitrogens with zero attached hydrogens (tertiary/aromatic N) is 2. The van der Waals surface area contributed by atoms with Gasteiger partial charge in [-0.15, -0.1) is 0 Å². The zero-order valence-electron chi connectivity index (χ0n) is 8.32. The van der Waals surface area contributed by atoms with Crippen molar-refractivity contribution in [2.75, 3.05) is 5.73 Å². The maximum atomic E-state index is 12.9. The highest BCUT2D eigenvalue weighted by Gasteiger charge is 2.08. The molecule has 4 nitrogen and oxygen atoms in total. The molecule has 0 saturated heterocycles. The SMILES string of the molecule is Nc1ncc(Br)c(Oc2cc(F)cc(F)c2)n1. The van der Waals surface area contributed by atoms with Crippen LogP contribution >= 0.6 is 15.9 Å². The Labute approximate surface area is 104 Å². The molecule has 88 valence electrons. The van der Waals surface area contributed by atoms with Crippen LogP contribution < -0.4 is 10.5 Å². The van der Waals surface area contributed by atoms with E-state index in [9.17, 15) is 8.78 Å². The maximum absolute atomic E-state index is 12.9. The summed E-state index contributed by atoms with van der Waals surface area (Å²) in [7, 11) is 0. The van der Waals surface area contributed by atoms with Gasteiger partial charge in [0.05, 0.1) is 10.7 Å². The predicted octanol–water partition coefficient (Wildman–Crippen LogP) is 2.89. The molecule has 0 aliphatic heterocycles. The first-order valence-electron chi connectivity index (χ1n) is 4.46. The molecule has 0 aliphatic carbocycles. The molecule has 0 unspecified atom stereocenters. The summed E-state index contributed by atoms with van der Waals surface area (Å²) in [5.41, 5.74) is 5.37. The lowest BCUT2D eigenvalue weighted by Gasteiger charge is -2.06. The molecule has 0 bridgehead atoms. The van der Waals surface area contributed by atoms with E-state index in [1.54, 1.807) is 0 Å². The number of aromatic nitrogens is 2. The second-order valence-corrected chi connectivity index (χ2v) is 3.94. The average molecular weight is 302 g/mol. The van der Waals surface area contributed by atoms with Gasteiger partial charge >= 0.3 is 0 Å². The van der Waals surface area contributed by atoms with E-state index in [0.717, 1.165) is 18.2 Å². The molecule has 0 saturated carbocycles. The van der Waals surface area contributed by atoms with Crippen LogP contribution in [0.5, 0.6) is 11.6 Å². The third kappa shape index (κ3) is 2.88. The van der Waals surface area contributed by atoms with Crippen LogP contribution in [0.4, 0.5) is 14.7 Å². The van der Waals surface area contributed by atoms with Gasteiger partial charge in [0.15, 0.2) is 0 Å². The first-order chi connectivity index (χ1) is 8.04. The third-order valence-electron chi connectivity index (χ3n) is 1.78. The van der Waals surface area contributed by atoms with Gasteiger partial charge in [0.2, 0.25) is 11.8 Å². The van der Waals surface area contributed by atoms with Crippen molar-refractivity contribution < 1.29 is 13.5 Å². The Bertz CT molecular complexity index is 545. The minimum absolute atomic E-state index is 0.0000694. The summed E-state index contributed by atoms with van der Waals surface area (Å²) in [5, 5.41) is 0. The lowest BCUT2D eigenvalue weighted by Crippen LogP contribution is -1.97. The van der Waals surface area contributed by atoms with Crippen molar-refractivity contribution in [2.24, 2.45) is 0 Å². The van der Waals surface area contributed by atoms with E-state index >= 15 is 0 Å². The zero-order chi connectivity index (χ0) is 12.4. The van der Waals surface area contributed by atoms with Gasteiger partial charge in [-0.3, -0.25) is 0 Å². The van der Waals surface area contributed by atoms with Crippen LogP contribution in [-0.4, -0.2) is 9.97 Å². The molecule has 2 aromatic rings. The molecular weight excluding hydrogens is 296 g/mol. The summed E-state index contributed by atoms with van der Waals surface area (Å²) in [4.78, 5) is 7.49.